The lowest BCUT2D eigenvalue weighted by Gasteiger charge is -2.25. The average molecular weight is 378 g/mol. The first-order valence-corrected chi connectivity index (χ1v) is 9.21. The Hall–Kier alpha value is -1.14. The smallest absolute Gasteiger partial charge is 0.259 e. The van der Waals surface area contributed by atoms with E-state index < -0.39 is 0 Å². The minimum Gasteiger partial charge on any atom is -0.472 e. The van der Waals surface area contributed by atoms with Crippen LogP contribution in [0.1, 0.15) is 51.1 Å². The third kappa shape index (κ3) is 2.14. The van der Waals surface area contributed by atoms with Crippen LogP contribution in [0.5, 0.6) is 5.88 Å². The number of ether oxygens (including phenoxy) is 2. The molecule has 0 radical (unpaired) electrons. The van der Waals surface area contributed by atoms with Crippen molar-refractivity contribution >= 4 is 21.6 Å². The Morgan fingerprint density at radius 1 is 1.30 bits per heavy atom. The van der Waals surface area contributed by atoms with Crippen LogP contribution in [0.4, 0.5) is 0 Å². The highest BCUT2D eigenvalue weighted by molar-refractivity contribution is 9.10. The fourth-order valence-electron chi connectivity index (χ4n) is 4.17. The van der Waals surface area contributed by atoms with Crippen LogP contribution in [0, 0.1) is 0 Å². The van der Waals surface area contributed by atoms with Gasteiger partial charge in [-0.3, -0.25) is 4.40 Å². The zero-order chi connectivity index (χ0) is 15.7. The fourth-order valence-corrected chi connectivity index (χ4v) is 4.55. The zero-order valence-electron chi connectivity index (χ0n) is 13.2. The molecule has 5 rings (SSSR count). The van der Waals surface area contributed by atoms with Gasteiger partial charge in [0.25, 0.3) is 5.88 Å². The highest BCUT2D eigenvalue weighted by Gasteiger charge is 2.55. The van der Waals surface area contributed by atoms with Gasteiger partial charge >= 0.3 is 0 Å². The number of halogens is 1. The van der Waals surface area contributed by atoms with Crippen LogP contribution in [0.15, 0.2) is 17.0 Å². The van der Waals surface area contributed by atoms with E-state index in [4.69, 9.17) is 14.5 Å². The molecule has 122 valence electrons. The Bertz CT molecular complexity index is 775. The van der Waals surface area contributed by atoms with Gasteiger partial charge in [0.15, 0.2) is 0 Å². The van der Waals surface area contributed by atoms with Crippen LogP contribution in [0.3, 0.4) is 0 Å². The third-order valence-corrected chi connectivity index (χ3v) is 6.18. The normalized spacial score (nSPS) is 33.3. The molecular weight excluding hydrogens is 358 g/mol. The van der Waals surface area contributed by atoms with E-state index in [2.05, 4.69) is 34.0 Å². The summed E-state index contributed by atoms with van der Waals surface area (Å²) in [6.07, 6.45) is 11.2. The molecule has 2 aromatic rings. The van der Waals surface area contributed by atoms with Crippen molar-refractivity contribution < 1.29 is 9.47 Å². The first-order chi connectivity index (χ1) is 11.1. The second-order valence-corrected chi connectivity index (χ2v) is 8.40. The number of hydrogen-bond donors (Lipinski definition) is 0. The van der Waals surface area contributed by atoms with Crippen LogP contribution in [-0.4, -0.2) is 32.7 Å². The molecule has 3 fully saturated rings. The molecule has 3 heterocycles. The van der Waals surface area contributed by atoms with Crippen molar-refractivity contribution in [2.45, 2.75) is 62.6 Å². The van der Waals surface area contributed by atoms with Gasteiger partial charge in [-0.05, 0) is 61.4 Å². The molecule has 2 aromatic heterocycles. The molecule has 0 aromatic carbocycles. The van der Waals surface area contributed by atoms with Crippen molar-refractivity contribution in [1.29, 1.82) is 0 Å². The van der Waals surface area contributed by atoms with E-state index in [1.54, 1.807) is 0 Å². The highest BCUT2D eigenvalue weighted by Crippen LogP contribution is 2.53. The van der Waals surface area contributed by atoms with Gasteiger partial charge in [-0.1, -0.05) is 0 Å². The van der Waals surface area contributed by atoms with E-state index in [9.17, 15) is 0 Å². The summed E-state index contributed by atoms with van der Waals surface area (Å²) >= 11 is 3.49. The molecule has 23 heavy (non-hydrogen) atoms. The first-order valence-electron chi connectivity index (χ1n) is 8.42. The molecule has 0 amide bonds. The van der Waals surface area contributed by atoms with Crippen molar-refractivity contribution in [3.63, 3.8) is 0 Å². The monoisotopic (exact) mass is 377 g/mol. The van der Waals surface area contributed by atoms with Crippen LogP contribution < -0.4 is 4.74 Å². The molecule has 1 aliphatic heterocycles. The Labute approximate surface area is 143 Å². The Balaban J connectivity index is 1.57. The fraction of sp³-hybridized carbons (Fsp3) is 0.647. The summed E-state index contributed by atoms with van der Waals surface area (Å²) in [7, 11) is 0. The average Bonchev–Trinajstić information content (AvgIpc) is 3.12. The van der Waals surface area contributed by atoms with Crippen LogP contribution in [0.2, 0.25) is 0 Å². The van der Waals surface area contributed by atoms with E-state index in [-0.39, 0.29) is 11.0 Å². The maximum Gasteiger partial charge on any atom is 0.259 e. The molecule has 2 saturated carbocycles. The summed E-state index contributed by atoms with van der Waals surface area (Å²) in [5, 5.41) is 0. The molecule has 3 aliphatic rings. The van der Waals surface area contributed by atoms with E-state index in [1.165, 1.54) is 6.42 Å². The topological polar surface area (TPSA) is 48.7 Å². The molecule has 2 bridgehead atoms. The maximum absolute atomic E-state index is 6.06. The minimum absolute atomic E-state index is 0.0416. The number of hydrogen-bond acceptors (Lipinski definition) is 4. The van der Waals surface area contributed by atoms with E-state index in [0.29, 0.717) is 12.0 Å². The van der Waals surface area contributed by atoms with Crippen LogP contribution in [0.25, 0.3) is 5.65 Å². The predicted molar refractivity (Wildman–Crippen MR) is 88.8 cm³/mol. The number of nitrogens with zero attached hydrogens (tertiary/aromatic N) is 3. The molecule has 2 atom stereocenters. The van der Waals surface area contributed by atoms with Gasteiger partial charge in [0.05, 0.1) is 17.9 Å². The molecule has 0 spiro atoms. The lowest BCUT2D eigenvalue weighted by molar-refractivity contribution is -0.00627. The van der Waals surface area contributed by atoms with Gasteiger partial charge in [0.1, 0.15) is 10.7 Å². The lowest BCUT2D eigenvalue weighted by Crippen LogP contribution is -2.26. The summed E-state index contributed by atoms with van der Waals surface area (Å²) in [5.74, 6) is 0.645. The van der Waals surface area contributed by atoms with Crippen molar-refractivity contribution in [3.8, 4) is 5.88 Å². The van der Waals surface area contributed by atoms with Gasteiger partial charge < -0.3 is 9.47 Å². The molecule has 0 N–H and O–H groups in total. The second kappa shape index (κ2) is 4.70. The zero-order valence-corrected chi connectivity index (χ0v) is 14.8. The van der Waals surface area contributed by atoms with Gasteiger partial charge in [0.2, 0.25) is 5.65 Å². The van der Waals surface area contributed by atoms with E-state index in [0.717, 1.165) is 54.7 Å². The van der Waals surface area contributed by atoms with Gasteiger partial charge in [-0.2, -0.15) is 0 Å². The molecule has 2 unspecified atom stereocenters. The Morgan fingerprint density at radius 2 is 2.17 bits per heavy atom. The summed E-state index contributed by atoms with van der Waals surface area (Å²) in [5.41, 5.74) is 2.06. The van der Waals surface area contributed by atoms with Crippen molar-refractivity contribution in [1.82, 2.24) is 14.4 Å². The Morgan fingerprint density at radius 3 is 2.78 bits per heavy atom. The summed E-state index contributed by atoms with van der Waals surface area (Å²) in [6, 6.07) is 0. The molecular formula is C17H20BrN3O2. The first kappa shape index (κ1) is 14.2. The lowest BCUT2D eigenvalue weighted by atomic mass is 9.84. The van der Waals surface area contributed by atoms with Crippen molar-refractivity contribution in [2.24, 2.45) is 0 Å². The van der Waals surface area contributed by atoms with Gasteiger partial charge in [-0.25, -0.2) is 9.97 Å². The van der Waals surface area contributed by atoms with Gasteiger partial charge in [0, 0.05) is 17.8 Å². The molecule has 1 saturated heterocycles. The summed E-state index contributed by atoms with van der Waals surface area (Å²) in [6.45, 7) is 3.00. The number of imidazole rings is 1. The standard InChI is InChI=1S/C17H20BrN3O2/c1-16-5-6-17(9-16,10-22-16)12-7-21-8-13(18)20-15(14(21)19-12)23-11-3-2-4-11/h7-8,11H,2-6,9-10H2,1H3. The number of rotatable bonds is 3. The summed E-state index contributed by atoms with van der Waals surface area (Å²) < 4.78 is 14.9. The van der Waals surface area contributed by atoms with E-state index in [1.807, 2.05) is 10.6 Å². The highest BCUT2D eigenvalue weighted by atomic mass is 79.9. The quantitative estimate of drug-likeness (QED) is 0.819. The molecule has 5 nitrogen and oxygen atoms in total. The van der Waals surface area contributed by atoms with Crippen LogP contribution >= 0.6 is 15.9 Å². The van der Waals surface area contributed by atoms with Crippen molar-refractivity contribution in [3.05, 3.63) is 22.7 Å². The second-order valence-electron chi connectivity index (χ2n) is 7.59. The predicted octanol–water partition coefficient (Wildman–Crippen LogP) is 3.63. The van der Waals surface area contributed by atoms with Crippen molar-refractivity contribution in [2.75, 3.05) is 6.61 Å². The summed E-state index contributed by atoms with van der Waals surface area (Å²) in [4.78, 5) is 9.44. The molecule has 2 aliphatic carbocycles. The molecule has 6 heteroatoms. The maximum atomic E-state index is 6.06. The van der Waals surface area contributed by atoms with Gasteiger partial charge in [-0.15, -0.1) is 0 Å². The number of aromatic nitrogens is 3. The minimum atomic E-state index is 0.0416. The SMILES string of the molecule is CC12CCC(c3cn4cc(Br)nc(OC5CCC5)c4n3)(CO1)C2. The largest absolute Gasteiger partial charge is 0.472 e. The van der Waals surface area contributed by atoms with E-state index >= 15 is 0 Å². The van der Waals surface area contributed by atoms with Crippen LogP contribution in [-0.2, 0) is 10.2 Å². The number of fused-ring (bicyclic) bond motifs is 3. The Kier molecular flexibility index (Phi) is 2.90. The third-order valence-electron chi connectivity index (χ3n) is 5.79.